The number of aryl methyl sites for hydroxylation is 2. The molecule has 0 aromatic carbocycles. The Morgan fingerprint density at radius 3 is 2.86 bits per heavy atom. The Morgan fingerprint density at radius 1 is 1.24 bits per heavy atom. The summed E-state index contributed by atoms with van der Waals surface area (Å²) < 4.78 is 0. The summed E-state index contributed by atoms with van der Waals surface area (Å²) in [5, 5.41) is 3.67. The first-order valence-electron chi connectivity index (χ1n) is 8.24. The maximum atomic E-state index is 5.93. The van der Waals surface area contributed by atoms with E-state index in [0.29, 0.717) is 16.9 Å². The monoisotopic (exact) mass is 303 g/mol. The van der Waals surface area contributed by atoms with Crippen LogP contribution in [-0.2, 0) is 12.8 Å². The molecule has 3 nitrogen and oxygen atoms in total. The average molecular weight is 303 g/mol. The van der Waals surface area contributed by atoms with Gasteiger partial charge in [-0.1, -0.05) is 38.4 Å². The fraction of sp³-hybridized carbons (Fsp3) is 0.647. The smallest absolute Gasteiger partial charge is 0.136 e. The molecule has 2 unspecified atom stereocenters. The van der Waals surface area contributed by atoms with E-state index in [2.05, 4.69) is 18.3 Å². The van der Waals surface area contributed by atoms with Crippen molar-refractivity contribution in [2.45, 2.75) is 64.3 Å². The normalized spacial score (nSPS) is 25.2. The molecule has 0 aliphatic heterocycles. The van der Waals surface area contributed by atoms with Crippen LogP contribution in [0.2, 0.25) is 0 Å². The molecular weight excluding hydrogens is 278 g/mol. The van der Waals surface area contributed by atoms with Crippen molar-refractivity contribution in [1.82, 2.24) is 4.98 Å². The summed E-state index contributed by atoms with van der Waals surface area (Å²) in [6.45, 7) is 2.34. The van der Waals surface area contributed by atoms with Crippen molar-refractivity contribution >= 4 is 23.0 Å². The first-order valence-corrected chi connectivity index (χ1v) is 8.65. The summed E-state index contributed by atoms with van der Waals surface area (Å²) in [6.07, 6.45) is 9.90. The van der Waals surface area contributed by atoms with E-state index in [-0.39, 0.29) is 0 Å². The van der Waals surface area contributed by atoms with Crippen molar-refractivity contribution < 1.29 is 0 Å². The number of nitrogens with one attached hydrogen (secondary N) is 1. The van der Waals surface area contributed by atoms with Gasteiger partial charge in [-0.3, -0.25) is 0 Å². The zero-order valence-electron chi connectivity index (χ0n) is 12.8. The Morgan fingerprint density at radius 2 is 2.05 bits per heavy atom. The molecule has 21 heavy (non-hydrogen) atoms. The van der Waals surface area contributed by atoms with Gasteiger partial charge in [0.1, 0.15) is 10.8 Å². The second-order valence-electron chi connectivity index (χ2n) is 6.57. The summed E-state index contributed by atoms with van der Waals surface area (Å²) in [7, 11) is 0. The fourth-order valence-corrected chi connectivity index (χ4v) is 3.81. The molecule has 1 aromatic heterocycles. The first-order chi connectivity index (χ1) is 10.1. The third-order valence-corrected chi connectivity index (χ3v) is 5.22. The van der Waals surface area contributed by atoms with E-state index in [4.69, 9.17) is 22.9 Å². The van der Waals surface area contributed by atoms with Crippen molar-refractivity contribution in [2.24, 2.45) is 11.7 Å². The van der Waals surface area contributed by atoms with Gasteiger partial charge in [0.15, 0.2) is 0 Å². The van der Waals surface area contributed by atoms with Gasteiger partial charge in [0.05, 0.1) is 5.56 Å². The molecule has 114 valence electrons. The average Bonchev–Trinajstić information content (AvgIpc) is 2.82. The number of fused-ring (bicyclic) bond motifs is 1. The van der Waals surface area contributed by atoms with Crippen LogP contribution in [0.4, 0.5) is 5.82 Å². The van der Waals surface area contributed by atoms with Crippen molar-refractivity contribution in [2.75, 3.05) is 5.32 Å². The molecule has 2 aliphatic rings. The van der Waals surface area contributed by atoms with Crippen LogP contribution in [0.1, 0.15) is 62.3 Å². The molecule has 3 N–H and O–H groups in total. The van der Waals surface area contributed by atoms with Crippen LogP contribution in [0.15, 0.2) is 6.07 Å². The van der Waals surface area contributed by atoms with Crippen LogP contribution >= 0.6 is 12.2 Å². The van der Waals surface area contributed by atoms with Crippen LogP contribution in [0.3, 0.4) is 0 Å². The lowest BCUT2D eigenvalue weighted by Crippen LogP contribution is -2.28. The van der Waals surface area contributed by atoms with E-state index in [0.717, 1.165) is 24.2 Å². The minimum absolute atomic E-state index is 0.459. The Bertz CT molecular complexity index is 541. The Balaban J connectivity index is 1.88. The number of aromatic nitrogens is 1. The Labute approximate surface area is 132 Å². The maximum absolute atomic E-state index is 5.93. The highest BCUT2D eigenvalue weighted by Gasteiger charge is 2.23. The number of hydrogen-bond donors (Lipinski definition) is 2. The van der Waals surface area contributed by atoms with Gasteiger partial charge in [0, 0.05) is 11.7 Å². The summed E-state index contributed by atoms with van der Waals surface area (Å²) >= 11 is 5.24. The largest absolute Gasteiger partial charge is 0.389 e. The number of nitrogens with two attached hydrogens (primary N) is 1. The van der Waals surface area contributed by atoms with Crippen LogP contribution < -0.4 is 11.1 Å². The molecule has 0 radical (unpaired) electrons. The molecule has 3 rings (SSSR count). The second-order valence-corrected chi connectivity index (χ2v) is 7.01. The topological polar surface area (TPSA) is 50.9 Å². The quantitative estimate of drug-likeness (QED) is 0.662. The summed E-state index contributed by atoms with van der Waals surface area (Å²) in [5.74, 6) is 1.60. The van der Waals surface area contributed by atoms with Crippen molar-refractivity contribution in [3.8, 4) is 0 Å². The number of hydrogen-bond acceptors (Lipinski definition) is 3. The van der Waals surface area contributed by atoms with Gasteiger partial charge in [-0.2, -0.15) is 0 Å². The zero-order chi connectivity index (χ0) is 14.8. The molecule has 0 bridgehead atoms. The van der Waals surface area contributed by atoms with Gasteiger partial charge in [0.2, 0.25) is 0 Å². The number of anilines is 1. The number of rotatable bonds is 3. The summed E-state index contributed by atoms with van der Waals surface area (Å²) in [4.78, 5) is 5.31. The molecule has 1 aromatic rings. The van der Waals surface area contributed by atoms with Gasteiger partial charge in [-0.25, -0.2) is 4.98 Å². The van der Waals surface area contributed by atoms with Crippen LogP contribution in [0.5, 0.6) is 0 Å². The van der Waals surface area contributed by atoms with E-state index >= 15 is 0 Å². The third kappa shape index (κ3) is 3.20. The predicted molar refractivity (Wildman–Crippen MR) is 91.8 cm³/mol. The van der Waals surface area contributed by atoms with E-state index in [1.807, 2.05) is 0 Å². The molecule has 4 heteroatoms. The molecule has 1 saturated carbocycles. The van der Waals surface area contributed by atoms with Crippen molar-refractivity contribution in [3.05, 3.63) is 22.9 Å². The Hall–Kier alpha value is -1.16. The molecular formula is C17H25N3S. The van der Waals surface area contributed by atoms with E-state index in [1.54, 1.807) is 0 Å². The third-order valence-electron chi connectivity index (χ3n) is 5.00. The van der Waals surface area contributed by atoms with E-state index in [1.165, 1.54) is 49.8 Å². The number of pyridine rings is 1. The van der Waals surface area contributed by atoms with Crippen LogP contribution in [0.25, 0.3) is 0 Å². The van der Waals surface area contributed by atoms with Gasteiger partial charge in [-0.15, -0.1) is 0 Å². The molecule has 0 saturated heterocycles. The number of thiocarbonyl (C=S) groups is 1. The van der Waals surface area contributed by atoms with Gasteiger partial charge in [0.25, 0.3) is 0 Å². The van der Waals surface area contributed by atoms with Crippen LogP contribution in [-0.4, -0.2) is 16.0 Å². The molecule has 1 fully saturated rings. The lowest BCUT2D eigenvalue weighted by atomic mass is 9.96. The first kappa shape index (κ1) is 14.8. The Kier molecular flexibility index (Phi) is 4.43. The highest BCUT2D eigenvalue weighted by molar-refractivity contribution is 7.80. The molecule has 1 heterocycles. The molecule has 0 spiro atoms. The fourth-order valence-electron chi connectivity index (χ4n) is 3.65. The lowest BCUT2D eigenvalue weighted by Gasteiger charge is -2.25. The van der Waals surface area contributed by atoms with Crippen molar-refractivity contribution in [1.29, 1.82) is 0 Å². The second kappa shape index (κ2) is 6.30. The van der Waals surface area contributed by atoms with E-state index < -0.39 is 0 Å². The van der Waals surface area contributed by atoms with Gasteiger partial charge < -0.3 is 11.1 Å². The summed E-state index contributed by atoms with van der Waals surface area (Å²) in [6, 6.07) is 2.66. The molecule has 0 amide bonds. The molecule has 2 aliphatic carbocycles. The zero-order valence-corrected chi connectivity index (χ0v) is 13.6. The van der Waals surface area contributed by atoms with Gasteiger partial charge in [-0.05, 0) is 49.7 Å². The maximum Gasteiger partial charge on any atom is 0.136 e. The van der Waals surface area contributed by atoms with Crippen molar-refractivity contribution in [3.63, 3.8) is 0 Å². The van der Waals surface area contributed by atoms with E-state index in [9.17, 15) is 0 Å². The highest BCUT2D eigenvalue weighted by atomic mass is 32.1. The lowest BCUT2D eigenvalue weighted by molar-refractivity contribution is 0.455. The highest BCUT2D eigenvalue weighted by Crippen LogP contribution is 2.29. The molecule has 2 atom stereocenters. The standard InChI is InChI=1S/C17H25N3S/c1-11-6-3-2-4-8-14(11)19-17-13(16(18)21)10-12-7-5-9-15(12)20-17/h10-11,14H,2-9H2,1H3,(H2,18,21)(H,19,20). The SMILES string of the molecule is CC1CCCCCC1Nc1nc2c(cc1C(N)=S)CCC2. The minimum atomic E-state index is 0.459. The predicted octanol–water partition coefficient (Wildman–Crippen LogP) is 3.59. The number of nitrogens with zero attached hydrogens (tertiary/aromatic N) is 1. The van der Waals surface area contributed by atoms with Crippen LogP contribution in [0, 0.1) is 5.92 Å². The minimum Gasteiger partial charge on any atom is -0.389 e. The van der Waals surface area contributed by atoms with Gasteiger partial charge >= 0.3 is 0 Å². The summed E-state index contributed by atoms with van der Waals surface area (Å²) in [5.41, 5.74) is 9.43.